The van der Waals surface area contributed by atoms with Crippen molar-refractivity contribution < 1.29 is 27.8 Å². The highest BCUT2D eigenvalue weighted by molar-refractivity contribution is 6.16. The Bertz CT molecular complexity index is 1380. The summed E-state index contributed by atoms with van der Waals surface area (Å²) in [5.74, 6) is -0.0514. The fraction of sp³-hybridized carbons (Fsp3) is 0.308. The van der Waals surface area contributed by atoms with Crippen LogP contribution in [0.3, 0.4) is 0 Å². The normalized spacial score (nSPS) is 14.5. The lowest BCUT2D eigenvalue weighted by Gasteiger charge is -2.26. The minimum absolute atomic E-state index is 0.264. The molecule has 1 saturated heterocycles. The molecule has 0 spiro atoms. The molecule has 0 aliphatic carbocycles. The molecule has 0 unspecified atom stereocenters. The number of rotatable bonds is 7. The SMILES string of the molecule is CCOC(=O)c1ccccc1-c1c2ccoc2c(OCCN2CCOCC2)c2oc(=O)ccc12. The number of fused-ring (bicyclic) bond motifs is 2. The highest BCUT2D eigenvalue weighted by atomic mass is 16.5. The summed E-state index contributed by atoms with van der Waals surface area (Å²) in [4.78, 5) is 27.1. The Morgan fingerprint density at radius 2 is 1.82 bits per heavy atom. The van der Waals surface area contributed by atoms with Crippen molar-refractivity contribution in [1.82, 2.24) is 4.90 Å². The third-order valence-electron chi connectivity index (χ3n) is 5.90. The summed E-state index contributed by atoms with van der Waals surface area (Å²) in [6.07, 6.45) is 1.56. The quantitative estimate of drug-likeness (QED) is 0.299. The number of carbonyl (C=O) groups excluding carboxylic acids is 1. The molecule has 0 radical (unpaired) electrons. The van der Waals surface area contributed by atoms with Gasteiger partial charge in [0.1, 0.15) is 6.61 Å². The third-order valence-corrected chi connectivity index (χ3v) is 5.90. The van der Waals surface area contributed by atoms with Gasteiger partial charge < -0.3 is 23.0 Å². The number of hydrogen-bond donors (Lipinski definition) is 0. The van der Waals surface area contributed by atoms with Gasteiger partial charge in [-0.1, -0.05) is 18.2 Å². The van der Waals surface area contributed by atoms with Crippen LogP contribution in [-0.2, 0) is 9.47 Å². The second-order valence-electron chi connectivity index (χ2n) is 7.93. The molecule has 0 bridgehead atoms. The van der Waals surface area contributed by atoms with Gasteiger partial charge in [-0.25, -0.2) is 9.59 Å². The Morgan fingerprint density at radius 1 is 1.03 bits per heavy atom. The van der Waals surface area contributed by atoms with Gasteiger partial charge in [-0.15, -0.1) is 0 Å². The van der Waals surface area contributed by atoms with Crippen molar-refractivity contribution in [2.24, 2.45) is 0 Å². The zero-order chi connectivity index (χ0) is 23.5. The van der Waals surface area contributed by atoms with Crippen LogP contribution in [0.25, 0.3) is 33.1 Å². The number of furan rings is 1. The molecule has 2 aromatic heterocycles. The first-order chi connectivity index (χ1) is 16.7. The van der Waals surface area contributed by atoms with Gasteiger partial charge in [-0.2, -0.15) is 0 Å². The molecule has 0 N–H and O–H groups in total. The fourth-order valence-electron chi connectivity index (χ4n) is 4.32. The predicted octanol–water partition coefficient (Wildman–Crippen LogP) is 4.09. The summed E-state index contributed by atoms with van der Waals surface area (Å²) >= 11 is 0. The van der Waals surface area contributed by atoms with Crippen LogP contribution in [0.1, 0.15) is 17.3 Å². The van der Waals surface area contributed by atoms with E-state index < -0.39 is 11.6 Å². The van der Waals surface area contributed by atoms with Crippen LogP contribution in [0.15, 0.2) is 62.4 Å². The van der Waals surface area contributed by atoms with Crippen LogP contribution >= 0.6 is 0 Å². The topological polar surface area (TPSA) is 91.3 Å². The van der Waals surface area contributed by atoms with Crippen LogP contribution in [0, 0.1) is 0 Å². The maximum atomic E-state index is 12.7. The van der Waals surface area contributed by atoms with E-state index in [1.807, 2.05) is 18.2 Å². The Hall–Kier alpha value is -3.62. The molecule has 1 aliphatic heterocycles. The van der Waals surface area contributed by atoms with Crippen molar-refractivity contribution in [3.05, 3.63) is 64.7 Å². The molecule has 5 rings (SSSR count). The van der Waals surface area contributed by atoms with Gasteiger partial charge in [0.15, 0.2) is 11.2 Å². The van der Waals surface area contributed by atoms with E-state index in [4.69, 9.17) is 23.0 Å². The number of esters is 1. The van der Waals surface area contributed by atoms with Gasteiger partial charge in [0.2, 0.25) is 5.75 Å². The van der Waals surface area contributed by atoms with E-state index in [0.29, 0.717) is 59.8 Å². The molecule has 3 heterocycles. The average Bonchev–Trinajstić information content (AvgIpc) is 3.34. The molecular weight excluding hydrogens is 438 g/mol. The average molecular weight is 463 g/mol. The van der Waals surface area contributed by atoms with Crippen molar-refractivity contribution in [3.63, 3.8) is 0 Å². The third kappa shape index (κ3) is 4.18. The van der Waals surface area contributed by atoms with Gasteiger partial charge in [0, 0.05) is 42.0 Å². The highest BCUT2D eigenvalue weighted by Gasteiger charge is 2.24. The summed E-state index contributed by atoms with van der Waals surface area (Å²) < 4.78 is 28.3. The monoisotopic (exact) mass is 463 g/mol. The van der Waals surface area contributed by atoms with Crippen molar-refractivity contribution in [1.29, 1.82) is 0 Å². The Kier molecular flexibility index (Phi) is 6.33. The molecule has 0 saturated carbocycles. The van der Waals surface area contributed by atoms with Crippen molar-refractivity contribution >= 4 is 27.9 Å². The lowest BCUT2D eigenvalue weighted by Crippen LogP contribution is -2.38. The number of morpholine rings is 1. The van der Waals surface area contributed by atoms with Crippen LogP contribution < -0.4 is 10.4 Å². The Labute approximate surface area is 195 Å². The smallest absolute Gasteiger partial charge is 0.338 e. The van der Waals surface area contributed by atoms with Crippen LogP contribution in [0.5, 0.6) is 5.75 Å². The fourth-order valence-corrected chi connectivity index (χ4v) is 4.32. The summed E-state index contributed by atoms with van der Waals surface area (Å²) in [6.45, 7) is 6.23. The number of carbonyl (C=O) groups is 1. The summed E-state index contributed by atoms with van der Waals surface area (Å²) in [6, 6.07) is 12.1. The summed E-state index contributed by atoms with van der Waals surface area (Å²) in [7, 11) is 0. The predicted molar refractivity (Wildman–Crippen MR) is 126 cm³/mol. The van der Waals surface area contributed by atoms with Crippen LogP contribution in [-0.4, -0.2) is 56.9 Å². The van der Waals surface area contributed by atoms with Gasteiger partial charge >= 0.3 is 11.6 Å². The Morgan fingerprint density at radius 3 is 2.65 bits per heavy atom. The zero-order valence-electron chi connectivity index (χ0n) is 18.9. The first kappa shape index (κ1) is 22.2. The molecule has 8 heteroatoms. The molecule has 34 heavy (non-hydrogen) atoms. The minimum Gasteiger partial charge on any atom is -0.485 e. The molecule has 2 aromatic carbocycles. The number of hydrogen-bond acceptors (Lipinski definition) is 8. The van der Waals surface area contributed by atoms with E-state index in [2.05, 4.69) is 4.90 Å². The van der Waals surface area contributed by atoms with E-state index in [1.165, 1.54) is 6.07 Å². The van der Waals surface area contributed by atoms with E-state index in [1.54, 1.807) is 31.4 Å². The van der Waals surface area contributed by atoms with Crippen LogP contribution in [0.2, 0.25) is 0 Å². The molecule has 0 amide bonds. The molecular formula is C26H25NO7. The van der Waals surface area contributed by atoms with Crippen molar-refractivity contribution in [3.8, 4) is 16.9 Å². The number of benzene rings is 2. The van der Waals surface area contributed by atoms with Crippen molar-refractivity contribution in [2.75, 3.05) is 46.1 Å². The van der Waals surface area contributed by atoms with E-state index in [0.717, 1.165) is 18.5 Å². The highest BCUT2D eigenvalue weighted by Crippen LogP contribution is 2.44. The standard InChI is InChI=1S/C26H25NO7/c1-2-31-26(29)18-6-4-3-5-17(18)22-19-7-8-21(28)34-24(19)25(23-20(22)9-13-32-23)33-16-12-27-10-14-30-15-11-27/h3-9,13H,2,10-12,14-16H2,1H3. The maximum absolute atomic E-state index is 12.7. The molecule has 0 atom stereocenters. The molecule has 1 fully saturated rings. The summed E-state index contributed by atoms with van der Waals surface area (Å²) in [5, 5.41) is 1.39. The molecule has 176 valence electrons. The first-order valence-electron chi connectivity index (χ1n) is 11.3. The van der Waals surface area contributed by atoms with Crippen molar-refractivity contribution in [2.45, 2.75) is 6.92 Å². The zero-order valence-corrected chi connectivity index (χ0v) is 18.9. The molecule has 1 aliphatic rings. The van der Waals surface area contributed by atoms with E-state index in [-0.39, 0.29) is 12.2 Å². The lowest BCUT2D eigenvalue weighted by molar-refractivity contribution is 0.0323. The largest absolute Gasteiger partial charge is 0.485 e. The summed E-state index contributed by atoms with van der Waals surface area (Å²) in [5.41, 5.74) is 2.03. The van der Waals surface area contributed by atoms with Gasteiger partial charge in [-0.3, -0.25) is 4.90 Å². The maximum Gasteiger partial charge on any atom is 0.338 e. The van der Waals surface area contributed by atoms with E-state index in [9.17, 15) is 9.59 Å². The Balaban J connectivity index is 1.64. The van der Waals surface area contributed by atoms with E-state index >= 15 is 0 Å². The van der Waals surface area contributed by atoms with Gasteiger partial charge in [0.05, 0.1) is 31.6 Å². The minimum atomic E-state index is -0.499. The second-order valence-corrected chi connectivity index (χ2v) is 7.93. The number of ether oxygens (including phenoxy) is 3. The molecule has 4 aromatic rings. The lowest BCUT2D eigenvalue weighted by atomic mass is 9.93. The second kappa shape index (κ2) is 9.70. The molecule has 8 nitrogen and oxygen atoms in total. The van der Waals surface area contributed by atoms with Crippen LogP contribution in [0.4, 0.5) is 0 Å². The van der Waals surface area contributed by atoms with Gasteiger partial charge in [0.25, 0.3) is 0 Å². The first-order valence-corrected chi connectivity index (χ1v) is 11.3. The van der Waals surface area contributed by atoms with Gasteiger partial charge in [-0.05, 0) is 30.7 Å². The number of nitrogens with zero attached hydrogens (tertiary/aromatic N) is 1.